The van der Waals surface area contributed by atoms with E-state index in [1.807, 2.05) is 67.6 Å². The second-order valence-electron chi connectivity index (χ2n) is 6.96. The summed E-state index contributed by atoms with van der Waals surface area (Å²) in [5.41, 5.74) is 3.55. The third kappa shape index (κ3) is 3.72. The number of nitriles is 1. The first-order valence-corrected chi connectivity index (χ1v) is 9.98. The van der Waals surface area contributed by atoms with Crippen molar-refractivity contribution in [1.29, 1.82) is 5.26 Å². The maximum atomic E-state index is 13.5. The monoisotopic (exact) mass is 398 g/mol. The van der Waals surface area contributed by atoms with Gasteiger partial charge in [-0.2, -0.15) is 5.26 Å². The lowest BCUT2D eigenvalue weighted by Crippen LogP contribution is -2.31. The molecule has 3 aromatic carbocycles. The zero-order valence-corrected chi connectivity index (χ0v) is 16.8. The highest BCUT2D eigenvalue weighted by Gasteiger charge is 2.23. The second-order valence-corrected chi connectivity index (χ2v) is 6.96. The minimum absolute atomic E-state index is 0.0878. The Morgan fingerprint density at radius 2 is 1.70 bits per heavy atom. The van der Waals surface area contributed by atoms with Gasteiger partial charge in [0.05, 0.1) is 11.6 Å². The van der Waals surface area contributed by atoms with Crippen LogP contribution in [-0.4, -0.2) is 30.6 Å². The lowest BCUT2D eigenvalue weighted by molar-refractivity contribution is 0.0750. The van der Waals surface area contributed by atoms with Crippen LogP contribution >= 0.6 is 0 Å². The average molecular weight is 398 g/mol. The maximum Gasteiger partial charge on any atom is 0.254 e. The molecule has 0 aromatic heterocycles. The summed E-state index contributed by atoms with van der Waals surface area (Å²) in [5.74, 6) is 1.33. The normalized spacial score (nSPS) is 12.1. The van der Waals surface area contributed by atoms with Gasteiger partial charge in [-0.3, -0.25) is 4.79 Å². The summed E-state index contributed by atoms with van der Waals surface area (Å²) in [4.78, 5) is 15.3. The average Bonchev–Trinajstić information content (AvgIpc) is 2.82. The van der Waals surface area contributed by atoms with Gasteiger partial charge in [-0.15, -0.1) is 0 Å². The number of carbonyl (C=O) groups excluding carboxylic acids is 1. The molecule has 0 unspecified atom stereocenters. The Kier molecular flexibility index (Phi) is 5.67. The van der Waals surface area contributed by atoms with Gasteiger partial charge in [0.15, 0.2) is 11.5 Å². The second kappa shape index (κ2) is 8.71. The Hall–Kier alpha value is -3.78. The van der Waals surface area contributed by atoms with Crippen LogP contribution in [0, 0.1) is 11.3 Å². The van der Waals surface area contributed by atoms with Crippen LogP contribution in [0.25, 0.3) is 11.1 Å². The highest BCUT2D eigenvalue weighted by atomic mass is 16.6. The van der Waals surface area contributed by atoms with E-state index in [2.05, 4.69) is 6.07 Å². The van der Waals surface area contributed by atoms with E-state index < -0.39 is 0 Å². The summed E-state index contributed by atoms with van der Waals surface area (Å²) in [5, 5.41) is 9.50. The van der Waals surface area contributed by atoms with Crippen LogP contribution in [0.4, 0.5) is 0 Å². The van der Waals surface area contributed by atoms with Crippen molar-refractivity contribution in [2.75, 3.05) is 19.8 Å². The summed E-state index contributed by atoms with van der Waals surface area (Å²) in [7, 11) is 0. The van der Waals surface area contributed by atoms with Gasteiger partial charge in [-0.25, -0.2) is 0 Å². The van der Waals surface area contributed by atoms with Gasteiger partial charge in [0.25, 0.3) is 5.91 Å². The summed E-state index contributed by atoms with van der Waals surface area (Å²) >= 11 is 0. The molecule has 0 N–H and O–H groups in total. The van der Waals surface area contributed by atoms with Crippen LogP contribution in [0.2, 0.25) is 0 Å². The summed E-state index contributed by atoms with van der Waals surface area (Å²) in [6, 6.07) is 22.8. The summed E-state index contributed by atoms with van der Waals surface area (Å²) < 4.78 is 11.5. The predicted molar refractivity (Wildman–Crippen MR) is 114 cm³/mol. The van der Waals surface area contributed by atoms with E-state index >= 15 is 0 Å². The number of hydrogen-bond donors (Lipinski definition) is 0. The summed E-state index contributed by atoms with van der Waals surface area (Å²) in [6.45, 7) is 3.93. The molecule has 1 aliphatic rings. The largest absolute Gasteiger partial charge is 0.486 e. The van der Waals surface area contributed by atoms with E-state index in [-0.39, 0.29) is 5.91 Å². The number of nitrogens with zero attached hydrogens (tertiary/aromatic N) is 2. The molecule has 1 aliphatic heterocycles. The van der Waals surface area contributed by atoms with Crippen LogP contribution < -0.4 is 9.47 Å². The number of carbonyl (C=O) groups is 1. The standard InChI is InChI=1S/C25H22N2O3/c1-2-27(17-19-9-7-13-23-24(19)30-15-14-29-23)25(28)22-12-6-5-11-21(22)20-10-4-3-8-18(20)16-26/h3-13H,2,14-15,17H2,1H3. The molecule has 0 radical (unpaired) electrons. The third-order valence-corrected chi connectivity index (χ3v) is 5.17. The lowest BCUT2D eigenvalue weighted by atomic mass is 9.95. The predicted octanol–water partition coefficient (Wildman–Crippen LogP) is 4.66. The molecule has 0 atom stereocenters. The Morgan fingerprint density at radius 1 is 0.967 bits per heavy atom. The minimum atomic E-state index is -0.0878. The number of para-hydroxylation sites is 1. The molecule has 1 heterocycles. The van der Waals surface area contributed by atoms with Crippen LogP contribution in [-0.2, 0) is 6.54 Å². The zero-order valence-electron chi connectivity index (χ0n) is 16.8. The van der Waals surface area contributed by atoms with Crippen molar-refractivity contribution in [3.05, 3.63) is 83.4 Å². The Morgan fingerprint density at radius 3 is 2.50 bits per heavy atom. The van der Waals surface area contributed by atoms with Gasteiger partial charge in [-0.1, -0.05) is 48.5 Å². The fraction of sp³-hybridized carbons (Fsp3) is 0.200. The molecule has 0 spiro atoms. The molecule has 1 amide bonds. The van der Waals surface area contributed by atoms with Crippen molar-refractivity contribution in [1.82, 2.24) is 4.90 Å². The SMILES string of the molecule is CCN(Cc1cccc2c1OCCO2)C(=O)c1ccccc1-c1ccccc1C#N. The number of amides is 1. The van der Waals surface area contributed by atoms with Crippen molar-refractivity contribution in [2.45, 2.75) is 13.5 Å². The molecular weight excluding hydrogens is 376 g/mol. The van der Waals surface area contributed by atoms with E-state index in [0.29, 0.717) is 48.9 Å². The molecule has 0 fully saturated rings. The van der Waals surface area contributed by atoms with Crippen LogP contribution in [0.15, 0.2) is 66.7 Å². The van der Waals surface area contributed by atoms with E-state index in [0.717, 1.165) is 16.7 Å². The maximum absolute atomic E-state index is 13.5. The number of fused-ring (bicyclic) bond motifs is 1. The fourth-order valence-electron chi connectivity index (χ4n) is 3.68. The molecule has 0 aliphatic carbocycles. The minimum Gasteiger partial charge on any atom is -0.486 e. The van der Waals surface area contributed by atoms with Crippen molar-refractivity contribution in [3.8, 4) is 28.7 Å². The topological polar surface area (TPSA) is 62.6 Å². The number of benzene rings is 3. The van der Waals surface area contributed by atoms with Crippen molar-refractivity contribution in [3.63, 3.8) is 0 Å². The summed E-state index contributed by atoms with van der Waals surface area (Å²) in [6.07, 6.45) is 0. The quantitative estimate of drug-likeness (QED) is 0.627. The van der Waals surface area contributed by atoms with Crippen LogP contribution in [0.3, 0.4) is 0 Å². The molecule has 5 heteroatoms. The first-order chi connectivity index (χ1) is 14.7. The molecule has 150 valence electrons. The first-order valence-electron chi connectivity index (χ1n) is 9.98. The molecule has 0 saturated heterocycles. The van der Waals surface area contributed by atoms with E-state index in [1.165, 1.54) is 0 Å². The fourth-order valence-corrected chi connectivity index (χ4v) is 3.68. The van der Waals surface area contributed by atoms with E-state index in [1.54, 1.807) is 11.0 Å². The molecular formula is C25H22N2O3. The Labute approximate surface area is 176 Å². The molecule has 3 aromatic rings. The third-order valence-electron chi connectivity index (χ3n) is 5.17. The van der Waals surface area contributed by atoms with Crippen molar-refractivity contribution >= 4 is 5.91 Å². The van der Waals surface area contributed by atoms with Crippen LogP contribution in [0.5, 0.6) is 11.5 Å². The van der Waals surface area contributed by atoms with E-state index in [9.17, 15) is 10.1 Å². The smallest absolute Gasteiger partial charge is 0.254 e. The van der Waals surface area contributed by atoms with Crippen LogP contribution in [0.1, 0.15) is 28.4 Å². The Balaban J connectivity index is 1.69. The first kappa shape index (κ1) is 19.5. The number of rotatable bonds is 5. The molecule has 0 saturated carbocycles. The molecule has 30 heavy (non-hydrogen) atoms. The van der Waals surface area contributed by atoms with Crippen molar-refractivity contribution in [2.24, 2.45) is 0 Å². The van der Waals surface area contributed by atoms with Gasteiger partial charge in [-0.05, 0) is 30.7 Å². The number of hydrogen-bond acceptors (Lipinski definition) is 4. The molecule has 5 nitrogen and oxygen atoms in total. The van der Waals surface area contributed by atoms with E-state index in [4.69, 9.17) is 9.47 Å². The molecule has 0 bridgehead atoms. The van der Waals surface area contributed by atoms with Gasteiger partial charge < -0.3 is 14.4 Å². The number of ether oxygens (including phenoxy) is 2. The van der Waals surface area contributed by atoms with Gasteiger partial charge in [0, 0.05) is 29.8 Å². The molecule has 4 rings (SSSR count). The lowest BCUT2D eigenvalue weighted by Gasteiger charge is -2.26. The Bertz CT molecular complexity index is 1120. The zero-order chi connectivity index (χ0) is 20.9. The highest BCUT2D eigenvalue weighted by Crippen LogP contribution is 2.35. The van der Waals surface area contributed by atoms with Crippen molar-refractivity contribution < 1.29 is 14.3 Å². The highest BCUT2D eigenvalue weighted by molar-refractivity contribution is 6.01. The van der Waals surface area contributed by atoms with Gasteiger partial charge in [0.1, 0.15) is 13.2 Å². The van der Waals surface area contributed by atoms with Gasteiger partial charge in [0.2, 0.25) is 0 Å². The van der Waals surface area contributed by atoms with Gasteiger partial charge >= 0.3 is 0 Å².